The number of halogens is 1. The van der Waals surface area contributed by atoms with Gasteiger partial charge < -0.3 is 5.32 Å². The van der Waals surface area contributed by atoms with Crippen molar-refractivity contribution in [1.82, 2.24) is 10.3 Å². The number of rotatable bonds is 4. The predicted octanol–water partition coefficient (Wildman–Crippen LogP) is 3.80. The Morgan fingerprint density at radius 3 is 3.00 bits per heavy atom. The molecule has 1 N–H and O–H groups in total. The van der Waals surface area contributed by atoms with Crippen LogP contribution in [0, 0.1) is 0 Å². The largest absolute Gasteiger partial charge is 0.344 e. The number of carbonyl (C=O) groups excluding carboxylic acids is 1. The van der Waals surface area contributed by atoms with Crippen molar-refractivity contribution in [3.8, 4) is 0 Å². The monoisotopic (exact) mass is 336 g/mol. The van der Waals surface area contributed by atoms with Gasteiger partial charge in [0.25, 0.3) is 0 Å². The lowest BCUT2D eigenvalue weighted by molar-refractivity contribution is -0.117. The fourth-order valence-corrected chi connectivity index (χ4v) is 2.69. The summed E-state index contributed by atoms with van der Waals surface area (Å²) in [4.78, 5) is 16.0. The average Bonchev–Trinajstić information content (AvgIpc) is 2.83. The fourth-order valence-electron chi connectivity index (χ4n) is 1.55. The van der Waals surface area contributed by atoms with Gasteiger partial charge in [0.15, 0.2) is 0 Å². The van der Waals surface area contributed by atoms with Gasteiger partial charge in [-0.3, -0.25) is 9.78 Å². The summed E-state index contributed by atoms with van der Waals surface area (Å²) in [6.45, 7) is 1.91. The molecule has 0 aromatic carbocycles. The summed E-state index contributed by atoms with van der Waals surface area (Å²) < 4.78 is 1.05. The van der Waals surface area contributed by atoms with Crippen LogP contribution >= 0.6 is 27.3 Å². The SMILES string of the molecule is CC(NC(=O)C=Cc1csc(Br)c1)c1ccccn1. The molecule has 0 aliphatic heterocycles. The maximum absolute atomic E-state index is 11.8. The molecule has 0 fully saturated rings. The van der Waals surface area contributed by atoms with E-state index in [4.69, 9.17) is 0 Å². The maximum Gasteiger partial charge on any atom is 0.244 e. The highest BCUT2D eigenvalue weighted by atomic mass is 79.9. The van der Waals surface area contributed by atoms with E-state index in [0.717, 1.165) is 15.0 Å². The van der Waals surface area contributed by atoms with E-state index in [1.54, 1.807) is 23.6 Å². The number of nitrogens with zero attached hydrogens (tertiary/aromatic N) is 1. The van der Waals surface area contributed by atoms with Gasteiger partial charge in [0.1, 0.15) is 0 Å². The van der Waals surface area contributed by atoms with Crippen molar-refractivity contribution < 1.29 is 4.79 Å². The van der Waals surface area contributed by atoms with E-state index in [1.165, 1.54) is 6.08 Å². The molecule has 5 heteroatoms. The molecule has 0 aliphatic rings. The summed E-state index contributed by atoms with van der Waals surface area (Å²) in [5.41, 5.74) is 1.86. The topological polar surface area (TPSA) is 42.0 Å². The van der Waals surface area contributed by atoms with Gasteiger partial charge in [0.05, 0.1) is 15.5 Å². The zero-order chi connectivity index (χ0) is 13.7. The van der Waals surface area contributed by atoms with E-state index >= 15 is 0 Å². The molecule has 0 saturated carbocycles. The van der Waals surface area contributed by atoms with Crippen molar-refractivity contribution >= 4 is 39.2 Å². The van der Waals surface area contributed by atoms with Crippen molar-refractivity contribution in [3.05, 3.63) is 57.0 Å². The first-order chi connectivity index (χ1) is 9.15. The first-order valence-electron chi connectivity index (χ1n) is 5.78. The maximum atomic E-state index is 11.8. The molecular formula is C14H13BrN2OS. The Hall–Kier alpha value is -1.46. The molecule has 98 valence electrons. The van der Waals surface area contributed by atoms with Gasteiger partial charge >= 0.3 is 0 Å². The molecular weight excluding hydrogens is 324 g/mol. The van der Waals surface area contributed by atoms with E-state index < -0.39 is 0 Å². The summed E-state index contributed by atoms with van der Waals surface area (Å²) in [6, 6.07) is 7.52. The molecule has 2 heterocycles. The molecule has 1 amide bonds. The minimum Gasteiger partial charge on any atom is -0.344 e. The highest BCUT2D eigenvalue weighted by Gasteiger charge is 2.07. The number of carbonyl (C=O) groups is 1. The second kappa shape index (κ2) is 6.63. The Morgan fingerprint density at radius 2 is 2.37 bits per heavy atom. The van der Waals surface area contributed by atoms with Gasteiger partial charge in [-0.2, -0.15) is 0 Å². The normalized spacial score (nSPS) is 12.5. The number of aromatic nitrogens is 1. The van der Waals surface area contributed by atoms with Crippen molar-refractivity contribution in [2.24, 2.45) is 0 Å². The van der Waals surface area contributed by atoms with Crippen LogP contribution in [-0.2, 0) is 4.79 Å². The Labute approximate surface area is 124 Å². The van der Waals surface area contributed by atoms with E-state index in [0.29, 0.717) is 0 Å². The standard InChI is InChI=1S/C14H13BrN2OS/c1-10(12-4-2-3-7-16-12)17-14(18)6-5-11-8-13(15)19-9-11/h2-10H,1H3,(H,17,18). The summed E-state index contributed by atoms with van der Waals surface area (Å²) in [5.74, 6) is -0.125. The Kier molecular flexibility index (Phi) is 4.87. The molecule has 2 aromatic heterocycles. The zero-order valence-electron chi connectivity index (χ0n) is 10.3. The van der Waals surface area contributed by atoms with E-state index in [1.807, 2.05) is 36.6 Å². The third-order valence-corrected chi connectivity index (χ3v) is 4.03. The first-order valence-corrected chi connectivity index (χ1v) is 7.46. The molecule has 0 bridgehead atoms. The quantitative estimate of drug-likeness (QED) is 0.863. The number of hydrogen-bond donors (Lipinski definition) is 1. The lowest BCUT2D eigenvalue weighted by atomic mass is 10.2. The molecule has 19 heavy (non-hydrogen) atoms. The molecule has 0 radical (unpaired) electrons. The van der Waals surface area contributed by atoms with Crippen LogP contribution in [0.2, 0.25) is 0 Å². The van der Waals surface area contributed by atoms with Gasteiger partial charge in [-0.15, -0.1) is 11.3 Å². The second-order valence-corrected chi connectivity index (χ2v) is 6.29. The second-order valence-electron chi connectivity index (χ2n) is 4.00. The van der Waals surface area contributed by atoms with Crippen molar-refractivity contribution in [1.29, 1.82) is 0 Å². The molecule has 3 nitrogen and oxygen atoms in total. The Morgan fingerprint density at radius 1 is 1.53 bits per heavy atom. The molecule has 2 aromatic rings. The molecule has 0 spiro atoms. The highest BCUT2D eigenvalue weighted by molar-refractivity contribution is 9.11. The van der Waals surface area contributed by atoms with Crippen LogP contribution < -0.4 is 5.32 Å². The molecule has 0 saturated heterocycles. The molecule has 2 rings (SSSR count). The van der Waals surface area contributed by atoms with Crippen LogP contribution in [0.15, 0.2) is 45.7 Å². The van der Waals surface area contributed by atoms with Crippen LogP contribution in [0.5, 0.6) is 0 Å². The van der Waals surface area contributed by atoms with Gasteiger partial charge in [0, 0.05) is 12.3 Å². The number of amides is 1. The van der Waals surface area contributed by atoms with E-state index in [9.17, 15) is 4.79 Å². The van der Waals surface area contributed by atoms with Crippen LogP contribution in [0.25, 0.3) is 6.08 Å². The van der Waals surface area contributed by atoms with Crippen LogP contribution in [-0.4, -0.2) is 10.9 Å². The third kappa shape index (κ3) is 4.29. The number of hydrogen-bond acceptors (Lipinski definition) is 3. The third-order valence-electron chi connectivity index (χ3n) is 2.51. The van der Waals surface area contributed by atoms with Gasteiger partial charge in [0.2, 0.25) is 5.91 Å². The number of nitrogens with one attached hydrogen (secondary N) is 1. The van der Waals surface area contributed by atoms with Gasteiger partial charge in [-0.05, 0) is 58.1 Å². The lowest BCUT2D eigenvalue weighted by Gasteiger charge is -2.11. The zero-order valence-corrected chi connectivity index (χ0v) is 12.7. The summed E-state index contributed by atoms with van der Waals surface area (Å²) in [6.07, 6.45) is 5.05. The van der Waals surface area contributed by atoms with E-state index in [2.05, 4.69) is 26.2 Å². The van der Waals surface area contributed by atoms with Crippen molar-refractivity contribution in [3.63, 3.8) is 0 Å². The Bertz CT molecular complexity index is 580. The summed E-state index contributed by atoms with van der Waals surface area (Å²) >= 11 is 4.98. The summed E-state index contributed by atoms with van der Waals surface area (Å²) in [5, 5.41) is 4.86. The average molecular weight is 337 g/mol. The Balaban J connectivity index is 1.93. The highest BCUT2D eigenvalue weighted by Crippen LogP contribution is 2.21. The van der Waals surface area contributed by atoms with Crippen LogP contribution in [0.4, 0.5) is 0 Å². The van der Waals surface area contributed by atoms with Gasteiger partial charge in [-0.25, -0.2) is 0 Å². The first kappa shape index (κ1) is 14.0. The van der Waals surface area contributed by atoms with Crippen LogP contribution in [0.3, 0.4) is 0 Å². The molecule has 1 unspecified atom stereocenters. The minimum absolute atomic E-state index is 0.104. The number of thiophene rings is 1. The van der Waals surface area contributed by atoms with E-state index in [-0.39, 0.29) is 11.9 Å². The fraction of sp³-hybridized carbons (Fsp3) is 0.143. The molecule has 0 aliphatic carbocycles. The molecule has 1 atom stereocenters. The van der Waals surface area contributed by atoms with Gasteiger partial charge in [-0.1, -0.05) is 6.07 Å². The van der Waals surface area contributed by atoms with Crippen molar-refractivity contribution in [2.75, 3.05) is 0 Å². The minimum atomic E-state index is -0.125. The predicted molar refractivity (Wildman–Crippen MR) is 81.8 cm³/mol. The smallest absolute Gasteiger partial charge is 0.244 e. The van der Waals surface area contributed by atoms with Crippen molar-refractivity contribution in [2.45, 2.75) is 13.0 Å². The lowest BCUT2D eigenvalue weighted by Crippen LogP contribution is -2.25. The summed E-state index contributed by atoms with van der Waals surface area (Å²) in [7, 11) is 0. The number of pyridine rings is 1. The van der Waals surface area contributed by atoms with Crippen LogP contribution in [0.1, 0.15) is 24.2 Å².